The highest BCUT2D eigenvalue weighted by molar-refractivity contribution is 7.11. The van der Waals surface area contributed by atoms with E-state index in [1.807, 2.05) is 29.5 Å². The molecule has 0 aliphatic heterocycles. The molecule has 2 nitrogen and oxygen atoms in total. The third-order valence-corrected chi connectivity index (χ3v) is 5.19. The zero-order valence-electron chi connectivity index (χ0n) is 12.4. The molecule has 1 aliphatic carbocycles. The van der Waals surface area contributed by atoms with Crippen molar-refractivity contribution in [1.29, 1.82) is 0 Å². The summed E-state index contributed by atoms with van der Waals surface area (Å²) in [6.07, 6.45) is 4.62. The lowest BCUT2D eigenvalue weighted by atomic mass is 10.1. The Kier molecular flexibility index (Phi) is 4.94. The summed E-state index contributed by atoms with van der Waals surface area (Å²) in [4.78, 5) is 6.33. The molecule has 0 unspecified atom stereocenters. The minimum Gasteiger partial charge on any atom is -0.312 e. The van der Waals surface area contributed by atoms with Gasteiger partial charge in [0.1, 0.15) is 0 Å². The lowest BCUT2D eigenvalue weighted by Crippen LogP contribution is -2.13. The number of nitrogens with zero attached hydrogens (tertiary/aromatic N) is 1. The fourth-order valence-corrected chi connectivity index (χ4v) is 3.83. The Labute approximate surface area is 135 Å². The van der Waals surface area contributed by atoms with E-state index in [4.69, 9.17) is 16.6 Å². The van der Waals surface area contributed by atoms with Crippen LogP contribution in [0, 0.1) is 0 Å². The van der Waals surface area contributed by atoms with Gasteiger partial charge in [-0.25, -0.2) is 4.98 Å². The SMILES string of the molecule is CCCNCc1sc(Cc2ccccc2Cl)nc1C1CC1. The summed E-state index contributed by atoms with van der Waals surface area (Å²) in [7, 11) is 0. The molecular weight excluding hydrogens is 300 g/mol. The van der Waals surface area contributed by atoms with Crippen molar-refractivity contribution in [1.82, 2.24) is 10.3 Å². The van der Waals surface area contributed by atoms with Crippen molar-refractivity contribution in [3.05, 3.63) is 50.4 Å². The van der Waals surface area contributed by atoms with Crippen molar-refractivity contribution < 1.29 is 0 Å². The van der Waals surface area contributed by atoms with Crippen molar-refractivity contribution in [2.24, 2.45) is 0 Å². The number of hydrogen-bond donors (Lipinski definition) is 1. The molecule has 1 aliphatic rings. The van der Waals surface area contributed by atoms with Gasteiger partial charge < -0.3 is 5.32 Å². The average molecular weight is 321 g/mol. The third-order valence-electron chi connectivity index (χ3n) is 3.75. The molecule has 112 valence electrons. The molecule has 1 aromatic heterocycles. The highest BCUT2D eigenvalue weighted by Crippen LogP contribution is 2.43. The van der Waals surface area contributed by atoms with Crippen molar-refractivity contribution >= 4 is 22.9 Å². The Morgan fingerprint density at radius 1 is 1.33 bits per heavy atom. The summed E-state index contributed by atoms with van der Waals surface area (Å²) < 4.78 is 0. The molecule has 0 radical (unpaired) electrons. The Bertz CT molecular complexity index is 605. The van der Waals surface area contributed by atoms with E-state index >= 15 is 0 Å². The van der Waals surface area contributed by atoms with E-state index in [2.05, 4.69) is 18.3 Å². The molecule has 0 bridgehead atoms. The van der Waals surface area contributed by atoms with Gasteiger partial charge in [-0.3, -0.25) is 0 Å². The first kappa shape index (κ1) is 15.0. The van der Waals surface area contributed by atoms with Crippen molar-refractivity contribution in [3.63, 3.8) is 0 Å². The number of halogens is 1. The van der Waals surface area contributed by atoms with E-state index in [9.17, 15) is 0 Å². The highest BCUT2D eigenvalue weighted by atomic mass is 35.5. The van der Waals surface area contributed by atoms with Crippen LogP contribution in [0.3, 0.4) is 0 Å². The van der Waals surface area contributed by atoms with Gasteiger partial charge in [-0.1, -0.05) is 36.7 Å². The number of rotatable bonds is 7. The molecule has 0 spiro atoms. The van der Waals surface area contributed by atoms with Crippen LogP contribution < -0.4 is 5.32 Å². The minimum absolute atomic E-state index is 0.708. The van der Waals surface area contributed by atoms with Gasteiger partial charge in [0.25, 0.3) is 0 Å². The molecule has 4 heteroatoms. The zero-order valence-corrected chi connectivity index (χ0v) is 13.9. The molecule has 1 N–H and O–H groups in total. The van der Waals surface area contributed by atoms with Gasteiger partial charge in [-0.15, -0.1) is 11.3 Å². The summed E-state index contributed by atoms with van der Waals surface area (Å²) in [6.45, 7) is 4.23. The summed E-state index contributed by atoms with van der Waals surface area (Å²) in [5, 5.41) is 5.54. The summed E-state index contributed by atoms with van der Waals surface area (Å²) in [5.74, 6) is 0.708. The van der Waals surface area contributed by atoms with Crippen LogP contribution in [0.5, 0.6) is 0 Å². The Hall–Kier alpha value is -0.900. The van der Waals surface area contributed by atoms with Crippen LogP contribution in [0.1, 0.15) is 53.2 Å². The average Bonchev–Trinajstić information content (AvgIpc) is 3.25. The van der Waals surface area contributed by atoms with Crippen LogP contribution in [0.2, 0.25) is 5.02 Å². The van der Waals surface area contributed by atoms with E-state index in [0.29, 0.717) is 5.92 Å². The Morgan fingerprint density at radius 3 is 2.86 bits per heavy atom. The quantitative estimate of drug-likeness (QED) is 0.744. The van der Waals surface area contributed by atoms with Crippen LogP contribution in [0.4, 0.5) is 0 Å². The molecule has 3 rings (SSSR count). The van der Waals surface area contributed by atoms with Crippen LogP contribution in [0.15, 0.2) is 24.3 Å². The normalized spacial score (nSPS) is 14.6. The number of aromatic nitrogens is 1. The molecule has 0 saturated heterocycles. The maximum absolute atomic E-state index is 6.26. The number of thiazole rings is 1. The molecule has 1 heterocycles. The van der Waals surface area contributed by atoms with Crippen LogP contribution >= 0.6 is 22.9 Å². The van der Waals surface area contributed by atoms with Gasteiger partial charge in [0.2, 0.25) is 0 Å². The monoisotopic (exact) mass is 320 g/mol. The maximum atomic E-state index is 6.26. The van der Waals surface area contributed by atoms with Crippen molar-refractivity contribution in [3.8, 4) is 0 Å². The van der Waals surface area contributed by atoms with Crippen molar-refractivity contribution in [2.45, 2.75) is 45.1 Å². The topological polar surface area (TPSA) is 24.9 Å². The van der Waals surface area contributed by atoms with Crippen LogP contribution in [-0.4, -0.2) is 11.5 Å². The lowest BCUT2D eigenvalue weighted by Gasteiger charge is -2.02. The Morgan fingerprint density at radius 2 is 2.14 bits per heavy atom. The van der Waals surface area contributed by atoms with E-state index < -0.39 is 0 Å². The van der Waals surface area contributed by atoms with Crippen molar-refractivity contribution in [2.75, 3.05) is 6.54 Å². The molecule has 0 atom stereocenters. The molecule has 21 heavy (non-hydrogen) atoms. The van der Waals surface area contributed by atoms with Gasteiger partial charge in [0.15, 0.2) is 0 Å². The summed E-state index contributed by atoms with van der Waals surface area (Å²) >= 11 is 8.11. The number of hydrogen-bond acceptors (Lipinski definition) is 3. The van der Waals surface area contributed by atoms with Gasteiger partial charge >= 0.3 is 0 Å². The summed E-state index contributed by atoms with van der Waals surface area (Å²) in [5.41, 5.74) is 2.51. The lowest BCUT2D eigenvalue weighted by molar-refractivity contribution is 0.676. The molecular formula is C17H21ClN2S. The number of nitrogens with one attached hydrogen (secondary N) is 1. The van der Waals surface area contributed by atoms with Gasteiger partial charge in [0.05, 0.1) is 10.7 Å². The van der Waals surface area contributed by atoms with Gasteiger partial charge in [-0.2, -0.15) is 0 Å². The van der Waals surface area contributed by atoms with Gasteiger partial charge in [0, 0.05) is 28.8 Å². The second-order valence-electron chi connectivity index (χ2n) is 5.64. The standard InChI is InChI=1S/C17H21ClN2S/c1-2-9-19-11-15-17(12-7-8-12)20-16(21-15)10-13-5-3-4-6-14(13)18/h3-6,12,19H,2,7-11H2,1H3. The third kappa shape index (κ3) is 3.85. The smallest absolute Gasteiger partial charge is 0.0976 e. The van der Waals surface area contributed by atoms with E-state index in [1.54, 1.807) is 0 Å². The number of benzene rings is 1. The van der Waals surface area contributed by atoms with Crippen LogP contribution in [-0.2, 0) is 13.0 Å². The van der Waals surface area contributed by atoms with E-state index in [-0.39, 0.29) is 0 Å². The summed E-state index contributed by atoms with van der Waals surface area (Å²) in [6, 6.07) is 8.06. The first-order chi connectivity index (χ1) is 10.3. The second-order valence-corrected chi connectivity index (χ2v) is 7.21. The minimum atomic E-state index is 0.708. The predicted octanol–water partition coefficient (Wildman–Crippen LogP) is 4.76. The highest BCUT2D eigenvalue weighted by Gasteiger charge is 2.29. The second kappa shape index (κ2) is 6.91. The zero-order chi connectivity index (χ0) is 14.7. The fourth-order valence-electron chi connectivity index (χ4n) is 2.48. The molecule has 2 aromatic rings. The van der Waals surface area contributed by atoms with E-state index in [0.717, 1.165) is 24.5 Å². The first-order valence-corrected chi connectivity index (χ1v) is 8.90. The molecule has 1 aromatic carbocycles. The van der Waals surface area contributed by atoms with Gasteiger partial charge in [-0.05, 0) is 37.4 Å². The fraction of sp³-hybridized carbons (Fsp3) is 0.471. The Balaban J connectivity index is 1.76. The largest absolute Gasteiger partial charge is 0.312 e. The first-order valence-electron chi connectivity index (χ1n) is 7.70. The predicted molar refractivity (Wildman–Crippen MR) is 90.3 cm³/mol. The molecule has 0 amide bonds. The van der Waals surface area contributed by atoms with E-state index in [1.165, 1.54) is 40.4 Å². The van der Waals surface area contributed by atoms with Crippen LogP contribution in [0.25, 0.3) is 0 Å². The maximum Gasteiger partial charge on any atom is 0.0976 e. The molecule has 1 fully saturated rings. The molecule has 1 saturated carbocycles.